The largest absolute Gasteiger partial charge is 0.471 e. The molecular formula is C12H11F4NO3. The van der Waals surface area contributed by atoms with E-state index in [1.54, 1.807) is 5.32 Å². The molecule has 1 aromatic carbocycles. The molecule has 0 atom stereocenters. The molecule has 0 heterocycles. The number of rotatable bonds is 4. The van der Waals surface area contributed by atoms with Crippen LogP contribution in [0.3, 0.4) is 0 Å². The van der Waals surface area contributed by atoms with Crippen LogP contribution in [-0.2, 0) is 16.0 Å². The van der Waals surface area contributed by atoms with Gasteiger partial charge in [-0.25, -0.2) is 4.39 Å². The second-order valence-corrected chi connectivity index (χ2v) is 3.86. The van der Waals surface area contributed by atoms with Gasteiger partial charge in [0.1, 0.15) is 0 Å². The summed E-state index contributed by atoms with van der Waals surface area (Å²) >= 11 is 0. The zero-order chi connectivity index (χ0) is 15.3. The molecule has 1 N–H and O–H groups in total. The average molecular weight is 292 g/mol. The fourth-order valence-electron chi connectivity index (χ4n) is 1.36. The molecule has 0 aromatic heterocycles. The predicted molar refractivity (Wildman–Crippen MR) is 60.5 cm³/mol. The topological polar surface area (TPSA) is 55.4 Å². The van der Waals surface area contributed by atoms with Crippen molar-refractivity contribution in [3.8, 4) is 5.75 Å². The number of carbonyl (C=O) groups excluding carboxylic acids is 2. The summed E-state index contributed by atoms with van der Waals surface area (Å²) in [7, 11) is 0. The summed E-state index contributed by atoms with van der Waals surface area (Å²) in [5.41, 5.74) is 0.421. The van der Waals surface area contributed by atoms with Crippen LogP contribution in [0.5, 0.6) is 5.75 Å². The molecule has 8 heteroatoms. The van der Waals surface area contributed by atoms with Gasteiger partial charge in [-0.3, -0.25) is 9.59 Å². The van der Waals surface area contributed by atoms with Crippen molar-refractivity contribution in [2.45, 2.75) is 19.5 Å². The van der Waals surface area contributed by atoms with Gasteiger partial charge in [0.2, 0.25) is 0 Å². The smallest absolute Gasteiger partial charge is 0.424 e. The number of alkyl halides is 3. The summed E-state index contributed by atoms with van der Waals surface area (Å²) in [6.45, 7) is 0.819. The standard InChI is InChI=1S/C12H11F4NO3/c1-7(18)20-10-6-8(2-3-9(10)13)4-5-17-11(19)12(14,15)16/h2-3,6H,4-5H2,1H3,(H,17,19)/i13-1. The van der Waals surface area contributed by atoms with Crippen LogP contribution in [0.4, 0.5) is 17.6 Å². The summed E-state index contributed by atoms with van der Waals surface area (Å²) in [6.07, 6.45) is -4.90. The van der Waals surface area contributed by atoms with Crippen LogP contribution in [-0.4, -0.2) is 24.6 Å². The molecule has 0 unspecified atom stereocenters. The quantitative estimate of drug-likeness (QED) is 0.524. The molecule has 1 amide bonds. The van der Waals surface area contributed by atoms with Gasteiger partial charge in [0.05, 0.1) is 0 Å². The highest BCUT2D eigenvalue weighted by Crippen LogP contribution is 2.19. The summed E-state index contributed by atoms with van der Waals surface area (Å²) in [6, 6.07) is 3.54. The van der Waals surface area contributed by atoms with Gasteiger partial charge >= 0.3 is 18.1 Å². The summed E-state index contributed by atoms with van der Waals surface area (Å²) in [5.74, 6) is -3.83. The molecule has 0 aliphatic rings. The highest BCUT2D eigenvalue weighted by Gasteiger charge is 2.38. The van der Waals surface area contributed by atoms with E-state index < -0.39 is 23.9 Å². The molecular weight excluding hydrogens is 281 g/mol. The van der Waals surface area contributed by atoms with Crippen molar-refractivity contribution in [3.05, 3.63) is 29.6 Å². The van der Waals surface area contributed by atoms with Gasteiger partial charge in [-0.05, 0) is 24.1 Å². The Bertz CT molecular complexity index is 514. The van der Waals surface area contributed by atoms with Crippen molar-refractivity contribution < 1.29 is 31.9 Å². The highest BCUT2D eigenvalue weighted by atomic mass is 19.4. The van der Waals surface area contributed by atoms with E-state index in [4.69, 9.17) is 0 Å². The number of amides is 1. The molecule has 4 nitrogen and oxygen atoms in total. The normalized spacial score (nSPS) is 11.1. The number of ether oxygens (including phenoxy) is 1. The maximum absolute atomic E-state index is 13.2. The third kappa shape index (κ3) is 4.87. The Kier molecular flexibility index (Phi) is 5.06. The van der Waals surface area contributed by atoms with E-state index in [1.165, 1.54) is 12.1 Å². The number of nitrogens with one attached hydrogen (secondary N) is 1. The molecule has 1 aromatic rings. The Balaban J connectivity index is 2.61. The van der Waals surface area contributed by atoms with Crippen LogP contribution in [0.1, 0.15) is 12.5 Å². The summed E-state index contributed by atoms with van der Waals surface area (Å²) < 4.78 is 53.6. The van der Waals surface area contributed by atoms with E-state index in [2.05, 4.69) is 4.74 Å². The first kappa shape index (κ1) is 15.9. The van der Waals surface area contributed by atoms with Crippen molar-refractivity contribution in [1.29, 1.82) is 0 Å². The Morgan fingerprint density at radius 3 is 2.50 bits per heavy atom. The van der Waals surface area contributed by atoms with Gasteiger partial charge < -0.3 is 10.1 Å². The minimum absolute atomic E-state index is 0.0381. The first-order chi connectivity index (χ1) is 9.20. The molecule has 0 saturated heterocycles. The van der Waals surface area contributed by atoms with E-state index in [0.717, 1.165) is 13.0 Å². The third-order valence-electron chi connectivity index (χ3n) is 2.21. The van der Waals surface area contributed by atoms with Crippen LogP contribution in [0.25, 0.3) is 0 Å². The molecule has 1 rings (SSSR count). The molecule has 0 saturated carbocycles. The zero-order valence-corrected chi connectivity index (χ0v) is 10.4. The Labute approximate surface area is 111 Å². The number of benzene rings is 1. The van der Waals surface area contributed by atoms with E-state index in [-0.39, 0.29) is 18.7 Å². The minimum Gasteiger partial charge on any atom is -0.424 e. The van der Waals surface area contributed by atoms with Crippen LogP contribution >= 0.6 is 0 Å². The lowest BCUT2D eigenvalue weighted by Crippen LogP contribution is -2.37. The molecule has 20 heavy (non-hydrogen) atoms. The zero-order valence-electron chi connectivity index (χ0n) is 10.4. The lowest BCUT2D eigenvalue weighted by atomic mass is 10.1. The van der Waals surface area contributed by atoms with Crippen LogP contribution in [0.2, 0.25) is 0 Å². The number of carbonyl (C=O) groups is 2. The third-order valence-corrected chi connectivity index (χ3v) is 2.21. The Morgan fingerprint density at radius 2 is 1.95 bits per heavy atom. The highest BCUT2D eigenvalue weighted by molar-refractivity contribution is 5.81. The first-order valence-electron chi connectivity index (χ1n) is 5.52. The number of hydrogen-bond acceptors (Lipinski definition) is 3. The lowest BCUT2D eigenvalue weighted by molar-refractivity contribution is -0.173. The molecule has 0 radical (unpaired) electrons. The number of halogens is 4. The van der Waals surface area contributed by atoms with Crippen molar-refractivity contribution in [1.82, 2.24) is 5.32 Å². The average Bonchev–Trinajstić information content (AvgIpc) is 2.31. The summed E-state index contributed by atoms with van der Waals surface area (Å²) in [5, 5.41) is 1.68. The molecule has 0 bridgehead atoms. The Morgan fingerprint density at radius 1 is 1.30 bits per heavy atom. The van der Waals surface area contributed by atoms with E-state index in [0.29, 0.717) is 5.56 Å². The second-order valence-electron chi connectivity index (χ2n) is 3.86. The van der Waals surface area contributed by atoms with Crippen LogP contribution in [0.15, 0.2) is 18.2 Å². The molecule has 0 aliphatic heterocycles. The molecule has 110 valence electrons. The van der Waals surface area contributed by atoms with Gasteiger partial charge in [0.25, 0.3) is 0 Å². The van der Waals surface area contributed by atoms with Crippen molar-refractivity contribution in [3.63, 3.8) is 0 Å². The van der Waals surface area contributed by atoms with Gasteiger partial charge in [-0.2, -0.15) is 13.2 Å². The van der Waals surface area contributed by atoms with Crippen LogP contribution in [0, 0.1) is 5.82 Å². The van der Waals surface area contributed by atoms with Crippen molar-refractivity contribution in [2.75, 3.05) is 6.54 Å². The maximum atomic E-state index is 13.2. The van der Waals surface area contributed by atoms with Gasteiger partial charge in [-0.15, -0.1) is 0 Å². The fraction of sp³-hybridized carbons (Fsp3) is 0.333. The minimum atomic E-state index is -4.94. The monoisotopic (exact) mass is 292 g/mol. The lowest BCUT2D eigenvalue weighted by Gasteiger charge is -2.09. The van der Waals surface area contributed by atoms with Crippen molar-refractivity contribution >= 4 is 11.9 Å². The number of esters is 1. The van der Waals surface area contributed by atoms with Gasteiger partial charge in [0, 0.05) is 13.5 Å². The predicted octanol–water partition coefficient (Wildman–Crippen LogP) is 1.97. The van der Waals surface area contributed by atoms with E-state index in [1.807, 2.05) is 0 Å². The fourth-order valence-corrected chi connectivity index (χ4v) is 1.36. The maximum Gasteiger partial charge on any atom is 0.471 e. The SMILES string of the molecule is CC(=O)Oc1cc(CCNC(=O)C(F)(F)F)ccc1[18F]. The van der Waals surface area contributed by atoms with Crippen LogP contribution < -0.4 is 10.1 Å². The Hall–Kier alpha value is -2.12. The van der Waals surface area contributed by atoms with E-state index in [9.17, 15) is 27.2 Å². The van der Waals surface area contributed by atoms with Gasteiger partial charge in [0.15, 0.2) is 11.6 Å². The van der Waals surface area contributed by atoms with E-state index >= 15 is 0 Å². The molecule has 0 fully saturated rings. The number of hydrogen-bond donors (Lipinski definition) is 1. The molecule has 0 spiro atoms. The summed E-state index contributed by atoms with van der Waals surface area (Å²) in [4.78, 5) is 21.3. The first-order valence-corrected chi connectivity index (χ1v) is 5.52. The molecule has 0 aliphatic carbocycles. The van der Waals surface area contributed by atoms with Gasteiger partial charge in [-0.1, -0.05) is 6.07 Å². The van der Waals surface area contributed by atoms with Crippen molar-refractivity contribution in [2.24, 2.45) is 0 Å². The second kappa shape index (κ2) is 6.36.